The lowest BCUT2D eigenvalue weighted by Crippen LogP contribution is -2.02. The van der Waals surface area contributed by atoms with Crippen molar-refractivity contribution in [3.05, 3.63) is 28.8 Å². The molecule has 0 unspecified atom stereocenters. The molecule has 0 fully saturated rings. The van der Waals surface area contributed by atoms with Gasteiger partial charge in [0.15, 0.2) is 0 Å². The van der Waals surface area contributed by atoms with Crippen molar-refractivity contribution in [1.82, 2.24) is 0 Å². The van der Waals surface area contributed by atoms with Crippen molar-refractivity contribution < 1.29 is 4.74 Å². The Balaban J connectivity index is 2.52. The fourth-order valence-corrected chi connectivity index (χ4v) is 2.13. The van der Waals surface area contributed by atoms with Crippen LogP contribution in [0.2, 0.25) is 0 Å². The zero-order valence-electron chi connectivity index (χ0n) is 7.97. The van der Waals surface area contributed by atoms with Gasteiger partial charge in [-0.1, -0.05) is 6.07 Å². The van der Waals surface area contributed by atoms with E-state index in [4.69, 9.17) is 10.5 Å². The Morgan fingerprint density at radius 3 is 2.77 bits per heavy atom. The molecule has 2 N–H and O–H groups in total. The smallest absolute Gasteiger partial charge is 0.122 e. The van der Waals surface area contributed by atoms with Crippen molar-refractivity contribution in [2.45, 2.75) is 25.8 Å². The van der Waals surface area contributed by atoms with Crippen LogP contribution in [-0.4, -0.2) is 7.11 Å². The van der Waals surface area contributed by atoms with Crippen molar-refractivity contribution in [3.8, 4) is 5.75 Å². The van der Waals surface area contributed by atoms with Gasteiger partial charge in [-0.3, -0.25) is 0 Å². The van der Waals surface area contributed by atoms with Crippen LogP contribution in [0.25, 0.3) is 0 Å². The zero-order valence-corrected chi connectivity index (χ0v) is 7.97. The Kier molecular flexibility index (Phi) is 2.23. The molecule has 0 heterocycles. The molecule has 0 spiro atoms. The van der Waals surface area contributed by atoms with E-state index < -0.39 is 0 Å². The average molecular weight is 177 g/mol. The third-order valence-electron chi connectivity index (χ3n) is 2.78. The van der Waals surface area contributed by atoms with Crippen LogP contribution in [0.4, 0.5) is 0 Å². The first-order valence-corrected chi connectivity index (χ1v) is 4.74. The predicted molar refractivity (Wildman–Crippen MR) is 52.9 cm³/mol. The lowest BCUT2D eigenvalue weighted by atomic mass is 10.0. The molecule has 1 aliphatic rings. The molecule has 13 heavy (non-hydrogen) atoms. The van der Waals surface area contributed by atoms with Crippen molar-refractivity contribution >= 4 is 0 Å². The standard InChI is InChI=1S/C11H15NO/c1-13-11-6-5-8(7-12)9-3-2-4-10(9)11/h5-6H,2-4,7,12H2,1H3. The Morgan fingerprint density at radius 1 is 1.31 bits per heavy atom. The molecule has 2 heteroatoms. The van der Waals surface area contributed by atoms with Crippen molar-refractivity contribution in [2.24, 2.45) is 5.73 Å². The summed E-state index contributed by atoms with van der Waals surface area (Å²) in [6, 6.07) is 4.12. The number of ether oxygens (including phenoxy) is 1. The Morgan fingerprint density at radius 2 is 2.08 bits per heavy atom. The minimum atomic E-state index is 0.645. The number of fused-ring (bicyclic) bond motifs is 1. The minimum absolute atomic E-state index is 0.645. The van der Waals surface area contributed by atoms with Crippen LogP contribution in [0.1, 0.15) is 23.1 Å². The number of rotatable bonds is 2. The molecule has 1 aromatic carbocycles. The fourth-order valence-electron chi connectivity index (χ4n) is 2.13. The molecule has 0 radical (unpaired) electrons. The molecule has 2 rings (SSSR count). The highest BCUT2D eigenvalue weighted by atomic mass is 16.5. The largest absolute Gasteiger partial charge is 0.496 e. The molecule has 1 aromatic rings. The summed E-state index contributed by atoms with van der Waals surface area (Å²) in [5.41, 5.74) is 9.77. The lowest BCUT2D eigenvalue weighted by molar-refractivity contribution is 0.410. The minimum Gasteiger partial charge on any atom is -0.496 e. The molecule has 1 aliphatic carbocycles. The van der Waals surface area contributed by atoms with E-state index in [0.29, 0.717) is 6.54 Å². The summed E-state index contributed by atoms with van der Waals surface area (Å²) < 4.78 is 5.32. The molecule has 0 amide bonds. The van der Waals surface area contributed by atoms with Gasteiger partial charge in [-0.2, -0.15) is 0 Å². The van der Waals surface area contributed by atoms with Gasteiger partial charge in [0.1, 0.15) is 5.75 Å². The first kappa shape index (κ1) is 8.57. The molecule has 70 valence electrons. The highest BCUT2D eigenvalue weighted by molar-refractivity contribution is 5.47. The van der Waals surface area contributed by atoms with Crippen molar-refractivity contribution in [3.63, 3.8) is 0 Å². The topological polar surface area (TPSA) is 35.2 Å². The second kappa shape index (κ2) is 3.38. The van der Waals surface area contributed by atoms with Gasteiger partial charge in [-0.25, -0.2) is 0 Å². The summed E-state index contributed by atoms with van der Waals surface area (Å²) >= 11 is 0. The van der Waals surface area contributed by atoms with Crippen molar-refractivity contribution in [1.29, 1.82) is 0 Å². The maximum absolute atomic E-state index is 5.67. The van der Waals surface area contributed by atoms with E-state index in [9.17, 15) is 0 Å². The number of nitrogens with two attached hydrogens (primary N) is 1. The molecule has 0 saturated carbocycles. The number of benzene rings is 1. The van der Waals surface area contributed by atoms with Crippen LogP contribution in [0.3, 0.4) is 0 Å². The van der Waals surface area contributed by atoms with Crippen LogP contribution in [0, 0.1) is 0 Å². The number of hydrogen-bond donors (Lipinski definition) is 1. The van der Waals surface area contributed by atoms with Gasteiger partial charge in [-0.15, -0.1) is 0 Å². The van der Waals surface area contributed by atoms with Crippen LogP contribution in [0.15, 0.2) is 12.1 Å². The van der Waals surface area contributed by atoms with Crippen LogP contribution in [0.5, 0.6) is 5.75 Å². The van der Waals surface area contributed by atoms with Gasteiger partial charge in [0.2, 0.25) is 0 Å². The van der Waals surface area contributed by atoms with Gasteiger partial charge >= 0.3 is 0 Å². The molecule has 0 bridgehead atoms. The van der Waals surface area contributed by atoms with Gasteiger partial charge in [-0.05, 0) is 42.0 Å². The van der Waals surface area contributed by atoms with Gasteiger partial charge in [0, 0.05) is 6.54 Å². The summed E-state index contributed by atoms with van der Waals surface area (Å²) in [6.45, 7) is 0.645. The molecule has 0 saturated heterocycles. The van der Waals surface area contributed by atoms with Crippen LogP contribution < -0.4 is 10.5 Å². The Hall–Kier alpha value is -1.02. The second-order valence-electron chi connectivity index (χ2n) is 3.44. The first-order chi connectivity index (χ1) is 6.36. The third kappa shape index (κ3) is 1.31. The third-order valence-corrected chi connectivity index (χ3v) is 2.78. The normalized spacial score (nSPS) is 14.3. The van der Waals surface area contributed by atoms with Crippen molar-refractivity contribution in [2.75, 3.05) is 7.11 Å². The summed E-state index contributed by atoms with van der Waals surface area (Å²) in [4.78, 5) is 0. The van der Waals surface area contributed by atoms with E-state index in [1.54, 1.807) is 7.11 Å². The first-order valence-electron chi connectivity index (χ1n) is 4.74. The SMILES string of the molecule is COc1ccc(CN)c2c1CCC2. The number of methoxy groups -OCH3 is 1. The molecule has 0 aliphatic heterocycles. The van der Waals surface area contributed by atoms with E-state index in [-0.39, 0.29) is 0 Å². The quantitative estimate of drug-likeness (QED) is 0.745. The second-order valence-corrected chi connectivity index (χ2v) is 3.44. The van der Waals surface area contributed by atoms with E-state index in [1.807, 2.05) is 6.07 Å². The van der Waals surface area contributed by atoms with Gasteiger partial charge < -0.3 is 10.5 Å². The molecule has 2 nitrogen and oxygen atoms in total. The molecule has 0 aromatic heterocycles. The fraction of sp³-hybridized carbons (Fsp3) is 0.455. The summed E-state index contributed by atoms with van der Waals surface area (Å²) in [6.07, 6.45) is 3.55. The van der Waals surface area contributed by atoms with E-state index in [2.05, 4.69) is 6.07 Å². The molecule has 0 atom stereocenters. The van der Waals surface area contributed by atoms with E-state index in [0.717, 1.165) is 12.2 Å². The van der Waals surface area contributed by atoms with Crippen LogP contribution in [-0.2, 0) is 19.4 Å². The number of hydrogen-bond acceptors (Lipinski definition) is 2. The predicted octanol–water partition coefficient (Wildman–Crippen LogP) is 1.64. The van der Waals surface area contributed by atoms with Crippen LogP contribution >= 0.6 is 0 Å². The highest BCUT2D eigenvalue weighted by Crippen LogP contribution is 2.32. The maximum atomic E-state index is 5.67. The van der Waals surface area contributed by atoms with Gasteiger partial charge in [0.05, 0.1) is 7.11 Å². The zero-order chi connectivity index (χ0) is 9.26. The average Bonchev–Trinajstić information content (AvgIpc) is 2.64. The van der Waals surface area contributed by atoms with E-state index >= 15 is 0 Å². The Labute approximate surface area is 78.7 Å². The summed E-state index contributed by atoms with van der Waals surface area (Å²) in [5.74, 6) is 1.03. The summed E-state index contributed by atoms with van der Waals surface area (Å²) in [7, 11) is 1.73. The molecular formula is C11H15NO. The summed E-state index contributed by atoms with van der Waals surface area (Å²) in [5, 5.41) is 0. The van der Waals surface area contributed by atoms with E-state index in [1.165, 1.54) is 29.5 Å². The maximum Gasteiger partial charge on any atom is 0.122 e. The highest BCUT2D eigenvalue weighted by Gasteiger charge is 2.17. The van der Waals surface area contributed by atoms with Gasteiger partial charge in [0.25, 0.3) is 0 Å². The Bertz CT molecular complexity index is 289. The monoisotopic (exact) mass is 177 g/mol. The lowest BCUT2D eigenvalue weighted by Gasteiger charge is -2.10. The molecular weight excluding hydrogens is 162 g/mol.